The number of nitriles is 1. The molecule has 130 valence electrons. The molecule has 2 aromatic heterocycles. The predicted octanol–water partition coefficient (Wildman–Crippen LogP) is 2.31. The second kappa shape index (κ2) is 5.74. The van der Waals surface area contributed by atoms with Gasteiger partial charge in [0.1, 0.15) is 11.6 Å². The van der Waals surface area contributed by atoms with E-state index in [1.807, 2.05) is 31.2 Å². The third-order valence-corrected chi connectivity index (χ3v) is 4.40. The van der Waals surface area contributed by atoms with Crippen molar-refractivity contribution in [1.82, 2.24) is 20.0 Å². The number of aromatic nitrogens is 4. The lowest BCUT2D eigenvalue weighted by atomic mass is 9.84. The molecule has 1 unspecified atom stereocenters. The lowest BCUT2D eigenvalue weighted by Gasteiger charge is -2.24. The van der Waals surface area contributed by atoms with Gasteiger partial charge in [-0.25, -0.2) is 4.68 Å². The number of hydrogen-bond acceptors (Lipinski definition) is 7. The minimum Gasteiger partial charge on any atom is -0.422 e. The molecule has 0 spiro atoms. The van der Waals surface area contributed by atoms with Crippen molar-refractivity contribution in [2.24, 2.45) is 12.8 Å². The molecule has 2 N–H and O–H groups in total. The summed E-state index contributed by atoms with van der Waals surface area (Å²) < 4.78 is 12.7. The highest BCUT2D eigenvalue weighted by Crippen LogP contribution is 2.43. The Morgan fingerprint density at radius 3 is 2.54 bits per heavy atom. The van der Waals surface area contributed by atoms with E-state index in [9.17, 15) is 5.26 Å². The quantitative estimate of drug-likeness (QED) is 0.755. The molecule has 3 aromatic rings. The van der Waals surface area contributed by atoms with Crippen molar-refractivity contribution in [2.75, 3.05) is 0 Å². The lowest BCUT2D eigenvalue weighted by molar-refractivity contribution is 0.358. The minimum atomic E-state index is -0.337. The predicted molar refractivity (Wildman–Crippen MR) is 91.7 cm³/mol. The van der Waals surface area contributed by atoms with Gasteiger partial charge >= 0.3 is 0 Å². The molecule has 0 saturated carbocycles. The van der Waals surface area contributed by atoms with Gasteiger partial charge in [-0.15, -0.1) is 10.2 Å². The molecule has 0 fully saturated rings. The molecule has 1 aliphatic heterocycles. The van der Waals surface area contributed by atoms with Gasteiger partial charge in [0.2, 0.25) is 23.5 Å². The summed E-state index contributed by atoms with van der Waals surface area (Å²) in [5.41, 5.74) is 9.72. The van der Waals surface area contributed by atoms with Crippen LogP contribution in [-0.2, 0) is 7.05 Å². The monoisotopic (exact) mass is 348 g/mol. The van der Waals surface area contributed by atoms with Gasteiger partial charge in [-0.1, -0.05) is 12.1 Å². The van der Waals surface area contributed by atoms with Crippen LogP contribution >= 0.6 is 0 Å². The van der Waals surface area contributed by atoms with Crippen LogP contribution in [0.1, 0.15) is 28.6 Å². The first-order chi connectivity index (χ1) is 12.5. The van der Waals surface area contributed by atoms with Crippen LogP contribution in [-0.4, -0.2) is 20.0 Å². The third-order valence-electron chi connectivity index (χ3n) is 4.40. The Bertz CT molecular complexity index is 1070. The summed E-state index contributed by atoms with van der Waals surface area (Å²) in [5.74, 6) is 1.28. The first-order valence-corrected chi connectivity index (χ1v) is 8.01. The number of fused-ring (bicyclic) bond motifs is 1. The Hall–Kier alpha value is -3.60. The Morgan fingerprint density at radius 1 is 1.19 bits per heavy atom. The summed E-state index contributed by atoms with van der Waals surface area (Å²) >= 11 is 0. The molecule has 0 radical (unpaired) electrons. The van der Waals surface area contributed by atoms with Crippen LogP contribution in [0.4, 0.5) is 0 Å². The van der Waals surface area contributed by atoms with Gasteiger partial charge in [0.05, 0.1) is 17.2 Å². The van der Waals surface area contributed by atoms with Crippen LogP contribution in [0.2, 0.25) is 0 Å². The summed E-state index contributed by atoms with van der Waals surface area (Å²) in [6.45, 7) is 3.63. The highest BCUT2D eigenvalue weighted by atomic mass is 16.5. The number of allylic oxidation sites excluding steroid dienone is 1. The standard InChI is InChI=1S/C18H16N6O2/c1-9-14-15(13(8-19)16(20)26-18(14)24(3)23-9)11-4-6-12(7-5-11)17-22-21-10(2)25-17/h4-7,15H,20H2,1-3H3. The Balaban J connectivity index is 1.82. The van der Waals surface area contributed by atoms with Crippen LogP contribution in [0.3, 0.4) is 0 Å². The molecule has 1 atom stereocenters. The first-order valence-electron chi connectivity index (χ1n) is 8.01. The van der Waals surface area contributed by atoms with E-state index in [1.165, 1.54) is 0 Å². The second-order valence-corrected chi connectivity index (χ2v) is 6.10. The average Bonchev–Trinajstić information content (AvgIpc) is 3.18. The fourth-order valence-electron chi connectivity index (χ4n) is 3.24. The van der Waals surface area contributed by atoms with Gasteiger partial charge in [-0.2, -0.15) is 10.4 Å². The highest BCUT2D eigenvalue weighted by Gasteiger charge is 2.35. The molecule has 8 nitrogen and oxygen atoms in total. The van der Waals surface area contributed by atoms with E-state index in [0.29, 0.717) is 23.2 Å². The first kappa shape index (κ1) is 15.9. The van der Waals surface area contributed by atoms with Crippen molar-refractivity contribution in [3.63, 3.8) is 0 Å². The Morgan fingerprint density at radius 2 is 1.92 bits per heavy atom. The van der Waals surface area contributed by atoms with Crippen molar-refractivity contribution < 1.29 is 9.15 Å². The zero-order valence-corrected chi connectivity index (χ0v) is 14.5. The van der Waals surface area contributed by atoms with Crippen LogP contribution in [0.25, 0.3) is 11.5 Å². The number of rotatable bonds is 2. The number of ether oxygens (including phenoxy) is 1. The second-order valence-electron chi connectivity index (χ2n) is 6.10. The molecule has 0 aliphatic carbocycles. The van der Waals surface area contributed by atoms with Gasteiger partial charge in [0, 0.05) is 19.5 Å². The summed E-state index contributed by atoms with van der Waals surface area (Å²) in [6, 6.07) is 9.79. The minimum absolute atomic E-state index is 0.101. The van der Waals surface area contributed by atoms with E-state index < -0.39 is 0 Å². The third kappa shape index (κ3) is 2.33. The summed E-state index contributed by atoms with van der Waals surface area (Å²) in [6.07, 6.45) is 0. The maximum absolute atomic E-state index is 9.62. The fraction of sp³-hybridized carbons (Fsp3) is 0.222. The van der Waals surface area contributed by atoms with Gasteiger partial charge < -0.3 is 14.9 Å². The molecule has 1 aliphatic rings. The zero-order chi connectivity index (χ0) is 18.4. The van der Waals surface area contributed by atoms with Gasteiger partial charge in [-0.05, 0) is 24.6 Å². The smallest absolute Gasteiger partial charge is 0.247 e. The number of aryl methyl sites for hydroxylation is 3. The van der Waals surface area contributed by atoms with Gasteiger partial charge in [-0.3, -0.25) is 0 Å². The topological polar surface area (TPSA) is 116 Å². The van der Waals surface area contributed by atoms with Crippen LogP contribution in [0.15, 0.2) is 40.1 Å². The molecule has 0 bridgehead atoms. The summed E-state index contributed by atoms with van der Waals surface area (Å²) in [5, 5.41) is 21.9. The van der Waals surface area contributed by atoms with Crippen molar-refractivity contribution >= 4 is 0 Å². The SMILES string of the molecule is Cc1nnc(-c2ccc(C3C(C#N)=C(N)Oc4c3c(C)nn4C)cc2)o1. The number of hydrogen-bond donors (Lipinski definition) is 1. The Kier molecular flexibility index (Phi) is 3.51. The van der Waals surface area contributed by atoms with Crippen LogP contribution in [0.5, 0.6) is 5.88 Å². The highest BCUT2D eigenvalue weighted by molar-refractivity contribution is 5.59. The molecule has 8 heteroatoms. The van der Waals surface area contributed by atoms with Crippen molar-refractivity contribution in [3.8, 4) is 23.4 Å². The van der Waals surface area contributed by atoms with Crippen molar-refractivity contribution in [2.45, 2.75) is 19.8 Å². The molecule has 1 aromatic carbocycles. The van der Waals surface area contributed by atoms with E-state index in [2.05, 4.69) is 21.4 Å². The van der Waals surface area contributed by atoms with Crippen LogP contribution in [0, 0.1) is 25.2 Å². The fourth-order valence-corrected chi connectivity index (χ4v) is 3.24. The molecule has 0 amide bonds. The number of nitrogens with zero attached hydrogens (tertiary/aromatic N) is 5. The number of benzene rings is 1. The maximum atomic E-state index is 9.62. The lowest BCUT2D eigenvalue weighted by Crippen LogP contribution is -2.21. The normalized spacial score (nSPS) is 16.2. The summed E-state index contributed by atoms with van der Waals surface area (Å²) in [4.78, 5) is 0. The van der Waals surface area contributed by atoms with Crippen molar-refractivity contribution in [3.05, 3.63) is 58.4 Å². The number of nitrogens with two attached hydrogens (primary N) is 1. The largest absolute Gasteiger partial charge is 0.422 e. The van der Waals surface area contributed by atoms with E-state index in [1.54, 1.807) is 18.7 Å². The average molecular weight is 348 g/mol. The van der Waals surface area contributed by atoms with E-state index in [0.717, 1.165) is 22.4 Å². The van der Waals surface area contributed by atoms with Crippen LogP contribution < -0.4 is 10.5 Å². The molecule has 3 heterocycles. The van der Waals surface area contributed by atoms with Gasteiger partial charge in [0.15, 0.2) is 0 Å². The summed E-state index contributed by atoms with van der Waals surface area (Å²) in [7, 11) is 1.79. The molecule has 26 heavy (non-hydrogen) atoms. The zero-order valence-electron chi connectivity index (χ0n) is 14.5. The molecule has 0 saturated heterocycles. The molecule has 4 rings (SSSR count). The van der Waals surface area contributed by atoms with E-state index >= 15 is 0 Å². The van der Waals surface area contributed by atoms with Crippen molar-refractivity contribution in [1.29, 1.82) is 5.26 Å². The Labute approximate surface area is 149 Å². The van der Waals surface area contributed by atoms with E-state index in [4.69, 9.17) is 14.9 Å². The molecular formula is C18H16N6O2. The molecular weight excluding hydrogens is 332 g/mol. The maximum Gasteiger partial charge on any atom is 0.247 e. The van der Waals surface area contributed by atoms with Gasteiger partial charge in [0.25, 0.3) is 0 Å². The van der Waals surface area contributed by atoms with E-state index in [-0.39, 0.29) is 11.8 Å².